The van der Waals surface area contributed by atoms with Gasteiger partial charge in [-0.05, 0) is 43.3 Å². The molecule has 0 aromatic rings. The number of nitrogens with two attached hydrogens (primary N) is 2. The Labute approximate surface area is 207 Å². The minimum Gasteiger partial charge on any atom is -0.392 e. The second-order valence-electron chi connectivity index (χ2n) is 9.77. The molecular formula is C24H40ClFN6O2. The van der Waals surface area contributed by atoms with Crippen molar-refractivity contribution < 1.29 is 14.3 Å². The summed E-state index contributed by atoms with van der Waals surface area (Å²) in [7, 11) is 0. The van der Waals surface area contributed by atoms with Crippen LogP contribution in [0.25, 0.3) is 0 Å². The number of aliphatic hydroxyl groups excluding tert-OH is 1. The summed E-state index contributed by atoms with van der Waals surface area (Å²) in [6.07, 6.45) is 5.16. The average Bonchev–Trinajstić information content (AvgIpc) is 3.20. The molecule has 2 saturated heterocycles. The third-order valence-corrected chi connectivity index (χ3v) is 7.52. The van der Waals surface area contributed by atoms with E-state index in [9.17, 15) is 14.3 Å². The van der Waals surface area contributed by atoms with Crippen molar-refractivity contribution in [2.45, 2.75) is 75.7 Å². The van der Waals surface area contributed by atoms with Gasteiger partial charge in [0.15, 0.2) is 0 Å². The number of rotatable bonds is 8. The van der Waals surface area contributed by atoms with Gasteiger partial charge in [0.2, 0.25) is 5.91 Å². The predicted molar refractivity (Wildman–Crippen MR) is 134 cm³/mol. The first-order valence-corrected chi connectivity index (χ1v) is 12.9. The molecule has 6 atom stereocenters. The van der Waals surface area contributed by atoms with Gasteiger partial charge in [-0.15, -0.1) is 11.6 Å². The highest BCUT2D eigenvalue weighted by atomic mass is 35.5. The number of hydrogen-bond donors (Lipinski definition) is 5. The fraction of sp³-hybridized carbons (Fsp3) is 0.750. The Bertz CT molecular complexity index is 804. The molecule has 0 saturated carbocycles. The van der Waals surface area contributed by atoms with E-state index in [0.29, 0.717) is 38.2 Å². The number of β-amino-alcohol motifs (C(OH)–C–C–N with tert-alkyl or cyclic N) is 1. The van der Waals surface area contributed by atoms with E-state index in [-0.39, 0.29) is 35.4 Å². The number of carbonyl (C=O) groups excluding carboxylic acids is 1. The minimum absolute atomic E-state index is 0.0150. The van der Waals surface area contributed by atoms with Gasteiger partial charge in [0, 0.05) is 32.2 Å². The molecule has 5 unspecified atom stereocenters. The highest BCUT2D eigenvalue weighted by Crippen LogP contribution is 2.32. The minimum atomic E-state index is -1.00. The van der Waals surface area contributed by atoms with Gasteiger partial charge in [0.05, 0.1) is 35.6 Å². The third kappa shape index (κ3) is 6.65. The highest BCUT2D eigenvalue weighted by molar-refractivity contribution is 6.21. The van der Waals surface area contributed by atoms with Crippen molar-refractivity contribution in [3.8, 4) is 0 Å². The summed E-state index contributed by atoms with van der Waals surface area (Å²) >= 11 is 6.67. The molecule has 7 N–H and O–H groups in total. The number of unbranched alkanes of at least 4 members (excludes halogenated alkanes) is 1. The zero-order chi connectivity index (χ0) is 24.8. The second-order valence-corrected chi connectivity index (χ2v) is 10.3. The molecule has 3 rings (SSSR count). The van der Waals surface area contributed by atoms with E-state index in [1.54, 1.807) is 0 Å². The Morgan fingerprint density at radius 1 is 1.44 bits per heavy atom. The maximum Gasteiger partial charge on any atom is 0.232 e. The van der Waals surface area contributed by atoms with Gasteiger partial charge in [-0.1, -0.05) is 20.3 Å². The fourth-order valence-electron chi connectivity index (χ4n) is 5.26. The van der Waals surface area contributed by atoms with Crippen molar-refractivity contribution in [2.24, 2.45) is 28.3 Å². The van der Waals surface area contributed by atoms with Crippen LogP contribution in [0.5, 0.6) is 0 Å². The molecule has 0 radical (unpaired) electrons. The zero-order valence-electron chi connectivity index (χ0n) is 20.2. The Balaban J connectivity index is 1.90. The van der Waals surface area contributed by atoms with E-state index in [4.69, 9.17) is 23.1 Å². The molecule has 8 nitrogen and oxygen atoms in total. The van der Waals surface area contributed by atoms with Gasteiger partial charge in [-0.2, -0.15) is 0 Å². The number of allylic oxidation sites excluding steroid dienone is 3. The summed E-state index contributed by atoms with van der Waals surface area (Å²) in [5.74, 6) is -1.67. The number of carbonyl (C=O) groups is 1. The molecule has 34 heavy (non-hydrogen) atoms. The number of nitrogens with one attached hydrogen (secondary N) is 2. The van der Waals surface area contributed by atoms with Crippen molar-refractivity contribution in [3.63, 3.8) is 0 Å². The molecule has 0 spiro atoms. The lowest BCUT2D eigenvalue weighted by Crippen LogP contribution is -2.65. The molecule has 2 fully saturated rings. The quantitative estimate of drug-likeness (QED) is 0.254. The van der Waals surface area contributed by atoms with E-state index >= 15 is 0 Å². The molecule has 0 bridgehead atoms. The molecule has 3 heterocycles. The molecule has 3 aliphatic rings. The first-order chi connectivity index (χ1) is 16.2. The maximum absolute atomic E-state index is 14.2. The number of amides is 1. The van der Waals surface area contributed by atoms with E-state index in [1.165, 1.54) is 6.08 Å². The molecule has 0 aliphatic carbocycles. The molecule has 192 valence electrons. The van der Waals surface area contributed by atoms with Gasteiger partial charge in [-0.25, -0.2) is 4.39 Å². The van der Waals surface area contributed by atoms with Gasteiger partial charge >= 0.3 is 0 Å². The lowest BCUT2D eigenvalue weighted by atomic mass is 9.85. The van der Waals surface area contributed by atoms with Crippen molar-refractivity contribution in [3.05, 3.63) is 23.2 Å². The maximum atomic E-state index is 14.2. The van der Waals surface area contributed by atoms with Crippen LogP contribution in [0, 0.1) is 11.8 Å². The molecule has 3 aliphatic heterocycles. The molecule has 10 heteroatoms. The third-order valence-electron chi connectivity index (χ3n) is 7.11. The summed E-state index contributed by atoms with van der Waals surface area (Å²) in [5, 5.41) is 16.2. The van der Waals surface area contributed by atoms with Crippen LogP contribution < -0.4 is 22.1 Å². The summed E-state index contributed by atoms with van der Waals surface area (Å²) in [5.41, 5.74) is 13.8. The normalized spacial score (nSPS) is 36.5. The average molecular weight is 499 g/mol. The first kappa shape index (κ1) is 27.2. The topological polar surface area (TPSA) is 129 Å². The molecule has 1 amide bonds. The molecular weight excluding hydrogens is 459 g/mol. The number of likely N-dealkylation sites (tertiary alicyclic amines) is 1. The van der Waals surface area contributed by atoms with Crippen molar-refractivity contribution in [1.82, 2.24) is 15.5 Å². The first-order valence-electron chi connectivity index (χ1n) is 12.4. The highest BCUT2D eigenvalue weighted by Gasteiger charge is 2.41. The van der Waals surface area contributed by atoms with E-state index in [2.05, 4.69) is 27.4 Å². The number of hydrogen-bond acceptors (Lipinski definition) is 7. The molecule has 0 aromatic carbocycles. The predicted octanol–water partition coefficient (Wildman–Crippen LogP) is 1.39. The lowest BCUT2D eigenvalue weighted by Gasteiger charge is -2.42. The van der Waals surface area contributed by atoms with Crippen LogP contribution in [0.2, 0.25) is 0 Å². The molecule has 0 aromatic heterocycles. The monoisotopic (exact) mass is 498 g/mol. The van der Waals surface area contributed by atoms with Crippen LogP contribution >= 0.6 is 11.6 Å². The van der Waals surface area contributed by atoms with Crippen LogP contribution in [0.4, 0.5) is 4.39 Å². The van der Waals surface area contributed by atoms with E-state index in [0.717, 1.165) is 37.6 Å². The van der Waals surface area contributed by atoms with Crippen LogP contribution in [-0.2, 0) is 4.79 Å². The largest absolute Gasteiger partial charge is 0.392 e. The zero-order valence-corrected chi connectivity index (χ0v) is 21.0. The van der Waals surface area contributed by atoms with Gasteiger partial charge < -0.3 is 27.2 Å². The number of aliphatic imine (C=N–C) groups is 1. The van der Waals surface area contributed by atoms with Gasteiger partial charge in [0.25, 0.3) is 0 Å². The summed E-state index contributed by atoms with van der Waals surface area (Å²) in [6.45, 7) is 6.52. The second kappa shape index (κ2) is 12.6. The van der Waals surface area contributed by atoms with Crippen LogP contribution in [0.1, 0.15) is 46.0 Å². The summed E-state index contributed by atoms with van der Waals surface area (Å²) < 4.78 is 14.2. The summed E-state index contributed by atoms with van der Waals surface area (Å²) in [4.78, 5) is 20.2. The van der Waals surface area contributed by atoms with Crippen LogP contribution in [0.3, 0.4) is 0 Å². The number of nitrogens with zero attached hydrogens (tertiary/aromatic N) is 2. The SMILES string of the molecule is CCCC/C1=C(C(C(=O)NC2CNCC(Cl)C2N2CCC(O)C2)C(N)N)/N=C/C(F)=C\C[C@@H]1C. The number of halogens is 2. The van der Waals surface area contributed by atoms with Crippen LogP contribution in [-0.4, -0.2) is 78.0 Å². The Hall–Kier alpha value is -1.36. The van der Waals surface area contributed by atoms with E-state index in [1.807, 2.05) is 6.92 Å². The Morgan fingerprint density at radius 2 is 2.21 bits per heavy atom. The Morgan fingerprint density at radius 3 is 2.85 bits per heavy atom. The number of piperidine rings is 1. The van der Waals surface area contributed by atoms with Crippen LogP contribution in [0.15, 0.2) is 28.2 Å². The van der Waals surface area contributed by atoms with Crippen molar-refractivity contribution >= 4 is 23.7 Å². The lowest BCUT2D eigenvalue weighted by molar-refractivity contribution is -0.125. The smallest absolute Gasteiger partial charge is 0.232 e. The van der Waals surface area contributed by atoms with Gasteiger partial charge in [-0.3, -0.25) is 14.7 Å². The number of aliphatic hydroxyl groups is 1. The fourth-order valence-corrected chi connectivity index (χ4v) is 5.70. The van der Waals surface area contributed by atoms with Gasteiger partial charge in [0.1, 0.15) is 11.7 Å². The van der Waals surface area contributed by atoms with Crippen molar-refractivity contribution in [1.29, 1.82) is 0 Å². The summed E-state index contributed by atoms with van der Waals surface area (Å²) in [6, 6.07) is -0.422. The van der Waals surface area contributed by atoms with Crippen molar-refractivity contribution in [2.75, 3.05) is 26.2 Å². The standard InChI is InChI=1S/C24H40ClFN6O2/c1-3-4-5-17-14(2)6-7-15(26)10-30-21(17)20(23(27)28)24(34)31-19-12-29-11-18(25)22(19)32-9-8-16(33)13-32/h7,10,14,16,18-20,22-23,29,33H,3-6,8-9,11-13,27-28H2,1-2H3,(H,31,34)/b15-7+,21-17-,30-10+/t14-,16?,18?,19?,20?,22?/m0/s1. The Kier molecular flexibility index (Phi) is 10.1. The van der Waals surface area contributed by atoms with E-state index < -0.39 is 17.9 Å². The number of alkyl halides is 1.